The van der Waals surface area contributed by atoms with Crippen molar-refractivity contribution in [3.8, 4) is 5.82 Å². The normalized spacial score (nSPS) is 17.4. The molecule has 3 aromatic rings. The van der Waals surface area contributed by atoms with E-state index in [1.165, 1.54) is 12.8 Å². The molecule has 0 unspecified atom stereocenters. The predicted molar refractivity (Wildman–Crippen MR) is 96.0 cm³/mol. The zero-order valence-electron chi connectivity index (χ0n) is 14.9. The highest BCUT2D eigenvalue weighted by Gasteiger charge is 2.26. The number of aromatic nitrogens is 6. The maximum atomic E-state index is 4.48. The molecule has 0 aromatic carbocycles. The Morgan fingerprint density at radius 2 is 1.92 bits per heavy atom. The Kier molecular flexibility index (Phi) is 3.99. The number of nitrogens with zero attached hydrogens (tertiary/aromatic N) is 7. The van der Waals surface area contributed by atoms with Crippen molar-refractivity contribution in [1.82, 2.24) is 29.5 Å². The fraction of sp³-hybridized carbons (Fsp3) is 0.444. The molecule has 0 bridgehead atoms. The van der Waals surface area contributed by atoms with E-state index < -0.39 is 0 Å². The van der Waals surface area contributed by atoms with E-state index in [0.29, 0.717) is 6.04 Å². The van der Waals surface area contributed by atoms with E-state index in [9.17, 15) is 0 Å². The molecule has 25 heavy (non-hydrogen) atoms. The van der Waals surface area contributed by atoms with Crippen molar-refractivity contribution in [3.05, 3.63) is 47.8 Å². The first-order chi connectivity index (χ1) is 12.1. The van der Waals surface area contributed by atoms with Crippen LogP contribution in [0.3, 0.4) is 0 Å². The first-order valence-corrected chi connectivity index (χ1v) is 8.73. The van der Waals surface area contributed by atoms with Crippen LogP contribution in [-0.2, 0) is 6.54 Å². The van der Waals surface area contributed by atoms with Gasteiger partial charge in [0.25, 0.3) is 0 Å². The summed E-state index contributed by atoms with van der Waals surface area (Å²) in [7, 11) is 0. The average Bonchev–Trinajstić information content (AvgIpc) is 3.30. The quantitative estimate of drug-likeness (QED) is 0.732. The van der Waals surface area contributed by atoms with Gasteiger partial charge in [-0.2, -0.15) is 5.10 Å². The molecule has 3 aromatic heterocycles. The summed E-state index contributed by atoms with van der Waals surface area (Å²) in [5.41, 5.74) is 2.05. The predicted octanol–water partition coefficient (Wildman–Crippen LogP) is 2.45. The summed E-state index contributed by atoms with van der Waals surface area (Å²) < 4.78 is 4.04. The van der Waals surface area contributed by atoms with Gasteiger partial charge in [-0.3, -0.25) is 0 Å². The van der Waals surface area contributed by atoms with Gasteiger partial charge in [0.1, 0.15) is 5.82 Å². The largest absolute Gasteiger partial charge is 0.350 e. The van der Waals surface area contributed by atoms with Crippen LogP contribution in [0.4, 0.5) is 5.82 Å². The smallest absolute Gasteiger partial charge is 0.176 e. The lowest BCUT2D eigenvalue weighted by atomic mass is 10.2. The maximum absolute atomic E-state index is 4.48. The monoisotopic (exact) mass is 337 g/mol. The Labute approximate surface area is 147 Å². The standard InChI is InChI=1S/C18H23N7/c1-13-11-14(2)25(22-13)18-7-6-17(20-21-18)24-9-4-5-16(24)12-23-10-8-19-15(23)3/h6-8,10-11,16H,4-5,9,12H2,1-3H3/t16-/m1/s1. The van der Waals surface area contributed by atoms with Crippen LogP contribution in [0.5, 0.6) is 0 Å². The van der Waals surface area contributed by atoms with Crippen LogP contribution in [-0.4, -0.2) is 42.1 Å². The Morgan fingerprint density at radius 3 is 2.56 bits per heavy atom. The van der Waals surface area contributed by atoms with Crippen LogP contribution in [0.25, 0.3) is 5.82 Å². The van der Waals surface area contributed by atoms with Gasteiger partial charge in [0, 0.05) is 37.2 Å². The minimum Gasteiger partial charge on any atom is -0.350 e. The fourth-order valence-corrected chi connectivity index (χ4v) is 3.60. The molecule has 7 heteroatoms. The van der Waals surface area contributed by atoms with Gasteiger partial charge in [-0.25, -0.2) is 9.67 Å². The molecular weight excluding hydrogens is 314 g/mol. The summed E-state index contributed by atoms with van der Waals surface area (Å²) in [6, 6.07) is 6.53. The average molecular weight is 337 g/mol. The number of hydrogen-bond donors (Lipinski definition) is 0. The number of imidazole rings is 1. The van der Waals surface area contributed by atoms with E-state index in [1.807, 2.05) is 50.0 Å². The van der Waals surface area contributed by atoms with Gasteiger partial charge >= 0.3 is 0 Å². The second kappa shape index (κ2) is 6.31. The first-order valence-electron chi connectivity index (χ1n) is 8.73. The number of aryl methyl sites for hydroxylation is 3. The molecule has 4 heterocycles. The molecule has 0 saturated carbocycles. The Balaban J connectivity index is 1.54. The lowest BCUT2D eigenvalue weighted by molar-refractivity contribution is 0.536. The molecule has 1 aliphatic heterocycles. The molecule has 1 aliphatic rings. The third kappa shape index (κ3) is 3.01. The van der Waals surface area contributed by atoms with Crippen LogP contribution in [0, 0.1) is 20.8 Å². The zero-order chi connectivity index (χ0) is 17.4. The lowest BCUT2D eigenvalue weighted by Crippen LogP contribution is -2.33. The van der Waals surface area contributed by atoms with Gasteiger partial charge in [-0.05, 0) is 51.8 Å². The summed E-state index contributed by atoms with van der Waals surface area (Å²) in [6.07, 6.45) is 6.25. The van der Waals surface area contributed by atoms with Crippen molar-refractivity contribution in [2.24, 2.45) is 0 Å². The van der Waals surface area contributed by atoms with Crippen molar-refractivity contribution in [2.45, 2.75) is 46.2 Å². The number of anilines is 1. The summed E-state index contributed by atoms with van der Waals surface area (Å²) in [5, 5.41) is 13.4. The van der Waals surface area contributed by atoms with E-state index >= 15 is 0 Å². The minimum atomic E-state index is 0.432. The molecule has 1 atom stereocenters. The highest BCUT2D eigenvalue weighted by Crippen LogP contribution is 2.25. The van der Waals surface area contributed by atoms with Crippen LogP contribution in [0.2, 0.25) is 0 Å². The van der Waals surface area contributed by atoms with E-state index in [2.05, 4.69) is 35.8 Å². The number of hydrogen-bond acceptors (Lipinski definition) is 5. The molecule has 4 rings (SSSR count). The lowest BCUT2D eigenvalue weighted by Gasteiger charge is -2.26. The molecule has 0 spiro atoms. The zero-order valence-corrected chi connectivity index (χ0v) is 14.9. The maximum Gasteiger partial charge on any atom is 0.176 e. The van der Waals surface area contributed by atoms with Crippen molar-refractivity contribution < 1.29 is 0 Å². The summed E-state index contributed by atoms with van der Waals surface area (Å²) in [6.45, 7) is 8.01. The van der Waals surface area contributed by atoms with Gasteiger partial charge in [0.05, 0.1) is 5.69 Å². The Hall–Kier alpha value is -2.70. The molecule has 1 saturated heterocycles. The van der Waals surface area contributed by atoms with Crippen LogP contribution in [0.1, 0.15) is 30.1 Å². The minimum absolute atomic E-state index is 0.432. The molecule has 0 radical (unpaired) electrons. The highest BCUT2D eigenvalue weighted by atomic mass is 15.4. The van der Waals surface area contributed by atoms with E-state index in [1.54, 1.807) is 0 Å². The molecule has 0 aliphatic carbocycles. The van der Waals surface area contributed by atoms with Crippen molar-refractivity contribution in [3.63, 3.8) is 0 Å². The highest BCUT2D eigenvalue weighted by molar-refractivity contribution is 5.42. The Morgan fingerprint density at radius 1 is 1.12 bits per heavy atom. The van der Waals surface area contributed by atoms with Gasteiger partial charge in [0.2, 0.25) is 0 Å². The van der Waals surface area contributed by atoms with E-state index in [0.717, 1.165) is 41.9 Å². The second-order valence-corrected chi connectivity index (χ2v) is 6.70. The third-order valence-corrected chi connectivity index (χ3v) is 4.87. The van der Waals surface area contributed by atoms with Crippen molar-refractivity contribution in [1.29, 1.82) is 0 Å². The van der Waals surface area contributed by atoms with Crippen LogP contribution >= 0.6 is 0 Å². The summed E-state index contributed by atoms with van der Waals surface area (Å²) >= 11 is 0. The van der Waals surface area contributed by atoms with E-state index in [4.69, 9.17) is 0 Å². The number of rotatable bonds is 4. The Bertz CT molecular complexity index is 862. The SMILES string of the molecule is Cc1cc(C)n(-c2ccc(N3CCC[C@@H]3Cn3ccnc3C)nn2)n1. The topological polar surface area (TPSA) is 64.7 Å². The van der Waals surface area contributed by atoms with E-state index in [-0.39, 0.29) is 0 Å². The van der Waals surface area contributed by atoms with Crippen LogP contribution in [0.15, 0.2) is 30.6 Å². The first kappa shape index (κ1) is 15.8. The molecule has 130 valence electrons. The van der Waals surface area contributed by atoms with Gasteiger partial charge in [-0.1, -0.05) is 0 Å². The molecule has 0 amide bonds. The summed E-state index contributed by atoms with van der Waals surface area (Å²) in [5.74, 6) is 2.75. The molecule has 7 nitrogen and oxygen atoms in total. The third-order valence-electron chi connectivity index (χ3n) is 4.87. The fourth-order valence-electron chi connectivity index (χ4n) is 3.60. The molecular formula is C18H23N7. The summed E-state index contributed by atoms with van der Waals surface area (Å²) in [4.78, 5) is 6.68. The second-order valence-electron chi connectivity index (χ2n) is 6.70. The molecule has 1 fully saturated rings. The van der Waals surface area contributed by atoms with Gasteiger partial charge in [-0.15, -0.1) is 10.2 Å². The van der Waals surface area contributed by atoms with Crippen LogP contribution < -0.4 is 4.90 Å². The van der Waals surface area contributed by atoms with Crippen molar-refractivity contribution in [2.75, 3.05) is 11.4 Å². The molecule has 0 N–H and O–H groups in total. The van der Waals surface area contributed by atoms with Gasteiger partial charge in [0.15, 0.2) is 11.6 Å². The van der Waals surface area contributed by atoms with Crippen molar-refractivity contribution >= 4 is 5.82 Å². The van der Waals surface area contributed by atoms with Gasteiger partial charge < -0.3 is 9.47 Å².